The quantitative estimate of drug-likeness (QED) is 0.231. The summed E-state index contributed by atoms with van der Waals surface area (Å²) < 4.78 is 8.98. The first-order valence-corrected chi connectivity index (χ1v) is 14.0. The maximum atomic E-state index is 6.68. The third-order valence-corrected chi connectivity index (χ3v) is 8.50. The van der Waals surface area contributed by atoms with Crippen LogP contribution in [-0.4, -0.2) is 16.2 Å². The van der Waals surface area contributed by atoms with Crippen molar-refractivity contribution in [1.82, 2.24) is 4.40 Å². The van der Waals surface area contributed by atoms with Crippen LogP contribution in [-0.2, 0) is 0 Å². The number of aliphatic imine (C=N–C) groups is 1. The molecule has 0 spiro atoms. The lowest BCUT2D eigenvalue weighted by molar-refractivity contribution is 0.671. The summed E-state index contributed by atoms with van der Waals surface area (Å²) in [6, 6.07) is 17.5. The Bertz CT molecular complexity index is 2330. The Labute approximate surface area is 236 Å². The Morgan fingerprint density at radius 3 is 2.66 bits per heavy atom. The molecule has 0 saturated carbocycles. The van der Waals surface area contributed by atoms with E-state index in [2.05, 4.69) is 132 Å². The minimum Gasteiger partial charge on any atom is -0.454 e. The van der Waals surface area contributed by atoms with Crippen molar-refractivity contribution < 1.29 is 4.42 Å². The van der Waals surface area contributed by atoms with Crippen molar-refractivity contribution in [1.29, 1.82) is 0 Å². The van der Waals surface area contributed by atoms with Crippen molar-refractivity contribution in [2.75, 3.05) is 5.32 Å². The lowest BCUT2D eigenvalue weighted by Gasteiger charge is -2.23. The largest absolute Gasteiger partial charge is 0.454 e. The van der Waals surface area contributed by atoms with Crippen LogP contribution in [0, 0.1) is 0 Å². The summed E-state index contributed by atoms with van der Waals surface area (Å²) in [6.45, 7) is 4.35. The molecule has 3 aromatic carbocycles. The molecule has 4 heterocycles. The summed E-state index contributed by atoms with van der Waals surface area (Å²) in [4.78, 5) is 5.19. The number of para-hydroxylation sites is 1. The van der Waals surface area contributed by atoms with Crippen LogP contribution in [0.3, 0.4) is 0 Å². The Balaban J connectivity index is 1.32. The molecule has 4 nitrogen and oxygen atoms in total. The normalized spacial score (nSPS) is 22.0. The third-order valence-electron chi connectivity index (χ3n) is 8.50. The second-order valence-corrected chi connectivity index (χ2v) is 10.8. The number of anilines is 1. The molecular weight excluding hydrogens is 502 g/mol. The highest BCUT2D eigenvalue weighted by Gasteiger charge is 2.29. The van der Waals surface area contributed by atoms with Gasteiger partial charge in [0, 0.05) is 26.9 Å². The molecule has 0 saturated heterocycles. The summed E-state index contributed by atoms with van der Waals surface area (Å²) in [5.41, 5.74) is 9.29. The molecule has 2 aliphatic carbocycles. The average Bonchev–Trinajstić information content (AvgIpc) is 3.65. The van der Waals surface area contributed by atoms with E-state index < -0.39 is 0 Å². The highest BCUT2D eigenvalue weighted by atomic mass is 16.3. The maximum absolute atomic E-state index is 6.68. The van der Waals surface area contributed by atoms with Gasteiger partial charge in [0.2, 0.25) is 0 Å². The molecule has 4 heteroatoms. The number of nitrogens with zero attached hydrogens (tertiary/aromatic N) is 2. The van der Waals surface area contributed by atoms with Crippen molar-refractivity contribution in [2.24, 2.45) is 4.99 Å². The molecule has 1 unspecified atom stereocenters. The lowest BCUT2D eigenvalue weighted by Crippen LogP contribution is -2.29. The van der Waals surface area contributed by atoms with E-state index in [9.17, 15) is 0 Å². The molecule has 41 heavy (non-hydrogen) atoms. The third kappa shape index (κ3) is 3.13. The second-order valence-electron chi connectivity index (χ2n) is 10.8. The van der Waals surface area contributed by atoms with Crippen LogP contribution >= 0.6 is 0 Å². The monoisotopic (exact) mass is 527 g/mol. The molecule has 3 aliphatic rings. The number of hydrogen-bond donors (Lipinski definition) is 1. The molecule has 1 N–H and O–H groups in total. The van der Waals surface area contributed by atoms with Crippen LogP contribution in [0.25, 0.3) is 54.7 Å². The van der Waals surface area contributed by atoms with Gasteiger partial charge in [-0.1, -0.05) is 97.7 Å². The molecule has 0 amide bonds. The van der Waals surface area contributed by atoms with Crippen molar-refractivity contribution >= 4 is 71.9 Å². The van der Waals surface area contributed by atoms with Gasteiger partial charge in [0.05, 0.1) is 28.5 Å². The molecule has 0 fully saturated rings. The zero-order valence-electron chi connectivity index (χ0n) is 22.3. The van der Waals surface area contributed by atoms with Crippen molar-refractivity contribution in [2.45, 2.75) is 12.5 Å². The SMILES string of the molecule is C=C1/C=C\C=C/C/C=C\C=C/1c1ccc2oc3c(ccc4c5cccc6c7c(n(c65)c43)N=C3C=CC=CC3N7)c2c1. The molecule has 1 aliphatic heterocycles. The highest BCUT2D eigenvalue weighted by molar-refractivity contribution is 6.27. The number of allylic oxidation sites excluding steroid dienone is 11. The Kier molecular flexibility index (Phi) is 4.56. The zero-order chi connectivity index (χ0) is 27.1. The maximum Gasteiger partial charge on any atom is 0.162 e. The van der Waals surface area contributed by atoms with Gasteiger partial charge in [0.15, 0.2) is 11.4 Å². The number of fused-ring (bicyclic) bond motifs is 11. The van der Waals surface area contributed by atoms with E-state index in [0.717, 1.165) is 67.8 Å². The van der Waals surface area contributed by atoms with Gasteiger partial charge >= 0.3 is 0 Å². The summed E-state index contributed by atoms with van der Waals surface area (Å²) in [6.07, 6.45) is 24.1. The van der Waals surface area contributed by atoms with E-state index in [4.69, 9.17) is 9.41 Å². The Morgan fingerprint density at radius 2 is 1.68 bits per heavy atom. The van der Waals surface area contributed by atoms with E-state index >= 15 is 0 Å². The Morgan fingerprint density at radius 1 is 0.829 bits per heavy atom. The van der Waals surface area contributed by atoms with Gasteiger partial charge in [-0.05, 0) is 47.4 Å². The van der Waals surface area contributed by atoms with Gasteiger partial charge in [-0.2, -0.15) is 0 Å². The van der Waals surface area contributed by atoms with E-state index in [1.165, 1.54) is 21.7 Å². The van der Waals surface area contributed by atoms with E-state index in [0.29, 0.717) is 0 Å². The molecule has 0 bridgehead atoms. The topological polar surface area (TPSA) is 41.9 Å². The fourth-order valence-electron chi connectivity index (χ4n) is 6.61. The van der Waals surface area contributed by atoms with Gasteiger partial charge in [-0.3, -0.25) is 4.40 Å². The summed E-state index contributed by atoms with van der Waals surface area (Å²) in [5, 5.41) is 9.50. The van der Waals surface area contributed by atoms with E-state index in [1.807, 2.05) is 0 Å². The van der Waals surface area contributed by atoms with Crippen LogP contribution in [0.4, 0.5) is 11.5 Å². The second kappa shape index (κ2) is 8.33. The minimum atomic E-state index is 0.0845. The summed E-state index contributed by atoms with van der Waals surface area (Å²) in [5.74, 6) is 0.932. The smallest absolute Gasteiger partial charge is 0.162 e. The molecular formula is C37H25N3O. The van der Waals surface area contributed by atoms with Crippen molar-refractivity contribution in [3.63, 3.8) is 0 Å². The van der Waals surface area contributed by atoms with Crippen LogP contribution in [0.1, 0.15) is 12.0 Å². The van der Waals surface area contributed by atoms with Crippen LogP contribution in [0.15, 0.2) is 137 Å². The van der Waals surface area contributed by atoms with Gasteiger partial charge in [0.1, 0.15) is 5.58 Å². The number of nitrogens with one attached hydrogen (secondary N) is 1. The first-order valence-electron chi connectivity index (χ1n) is 14.0. The van der Waals surface area contributed by atoms with Crippen molar-refractivity contribution in [3.05, 3.63) is 133 Å². The predicted octanol–water partition coefficient (Wildman–Crippen LogP) is 9.59. The predicted molar refractivity (Wildman–Crippen MR) is 173 cm³/mol. The number of furan rings is 1. The molecule has 1 atom stereocenters. The number of hydrogen-bond acceptors (Lipinski definition) is 3. The van der Waals surface area contributed by atoms with E-state index in [-0.39, 0.29) is 6.04 Å². The number of rotatable bonds is 1. The van der Waals surface area contributed by atoms with Crippen LogP contribution in [0.2, 0.25) is 0 Å². The highest BCUT2D eigenvalue weighted by Crippen LogP contribution is 2.48. The van der Waals surface area contributed by atoms with Gasteiger partial charge in [0.25, 0.3) is 0 Å². The lowest BCUT2D eigenvalue weighted by atomic mass is 9.96. The van der Waals surface area contributed by atoms with Gasteiger partial charge < -0.3 is 9.73 Å². The fourth-order valence-corrected chi connectivity index (χ4v) is 6.61. The standard InChI is InChI=1S/C37H25N3O/c1-22-11-6-4-2-3-5-7-12-24(22)23-17-20-32-29(21-23)27-19-18-26-25-13-10-14-28-33-37(39-31-16-9-8-15-30(31)38-33)40(34(25)28)35(26)36(27)41-32/h2,4-21,30,38H,1,3H2/b4-2-,7-5-,11-6-,24-12+. The summed E-state index contributed by atoms with van der Waals surface area (Å²) >= 11 is 0. The average molecular weight is 528 g/mol. The minimum absolute atomic E-state index is 0.0845. The van der Waals surface area contributed by atoms with Gasteiger partial charge in [-0.15, -0.1) is 0 Å². The molecule has 3 aromatic heterocycles. The fraction of sp³-hybridized carbons (Fsp3) is 0.0541. The van der Waals surface area contributed by atoms with Crippen molar-refractivity contribution in [3.8, 4) is 0 Å². The number of aromatic nitrogens is 1. The first-order chi connectivity index (χ1) is 20.3. The van der Waals surface area contributed by atoms with Crippen LogP contribution < -0.4 is 5.32 Å². The molecule has 0 radical (unpaired) electrons. The number of benzene rings is 3. The first kappa shape index (κ1) is 22.5. The van der Waals surface area contributed by atoms with Crippen LogP contribution in [0.5, 0.6) is 0 Å². The summed E-state index contributed by atoms with van der Waals surface area (Å²) in [7, 11) is 0. The molecule has 9 rings (SSSR count). The Hall–Kier alpha value is -5.35. The van der Waals surface area contributed by atoms with E-state index in [1.54, 1.807) is 0 Å². The zero-order valence-corrected chi connectivity index (χ0v) is 22.3. The van der Waals surface area contributed by atoms with Gasteiger partial charge in [-0.25, -0.2) is 4.99 Å². The molecule has 6 aromatic rings. The molecule has 194 valence electrons.